The Hall–Kier alpha value is -1.90. The Morgan fingerprint density at radius 1 is 1.25 bits per heavy atom. The highest BCUT2D eigenvalue weighted by Gasteiger charge is 2.05. The minimum atomic E-state index is 0.122. The lowest BCUT2D eigenvalue weighted by Gasteiger charge is -2.17. The van der Waals surface area contributed by atoms with Gasteiger partial charge in [-0.2, -0.15) is 0 Å². The molecule has 0 amide bonds. The van der Waals surface area contributed by atoms with Crippen molar-refractivity contribution in [3.05, 3.63) is 42.0 Å². The second-order valence-corrected chi connectivity index (χ2v) is 5.11. The zero-order chi connectivity index (χ0) is 15.1. The third-order valence-corrected chi connectivity index (χ3v) is 3.13. The van der Waals surface area contributed by atoms with Gasteiger partial charge in [-0.25, -0.2) is 4.99 Å². The average molecular weight is 272 g/mol. The van der Waals surface area contributed by atoms with Crippen LogP contribution in [0.15, 0.2) is 35.8 Å². The van der Waals surface area contributed by atoms with Gasteiger partial charge < -0.3 is 4.90 Å². The van der Waals surface area contributed by atoms with E-state index in [2.05, 4.69) is 42.8 Å². The smallest absolute Gasteiger partial charge is 0.149 e. The number of rotatable bonds is 6. The highest BCUT2D eigenvalue weighted by Crippen LogP contribution is 2.16. The number of ketones is 1. The van der Waals surface area contributed by atoms with Crippen molar-refractivity contribution < 1.29 is 4.79 Å². The number of amidine groups is 1. The van der Waals surface area contributed by atoms with Crippen molar-refractivity contribution in [1.82, 2.24) is 4.90 Å². The Balaban J connectivity index is 2.76. The summed E-state index contributed by atoms with van der Waals surface area (Å²) in [6.07, 6.45) is 2.24. The number of benzene rings is 1. The van der Waals surface area contributed by atoms with Gasteiger partial charge in [0.2, 0.25) is 0 Å². The van der Waals surface area contributed by atoms with Crippen molar-refractivity contribution in [2.45, 2.75) is 33.6 Å². The van der Waals surface area contributed by atoms with Crippen LogP contribution in [0.3, 0.4) is 0 Å². The standard InChI is InChI=1S/C17H24N2O/c1-6-7-16-8-10-17(11-9-16)14(3)18-15(4)19(5)12-13(2)20/h8-11H,3,6-7,12H2,1-2,4-5H3. The average Bonchev–Trinajstić information content (AvgIpc) is 2.39. The molecule has 3 heteroatoms. The van der Waals surface area contributed by atoms with Gasteiger partial charge in [0.05, 0.1) is 12.2 Å². The molecule has 0 aliphatic heterocycles. The lowest BCUT2D eigenvalue weighted by Crippen LogP contribution is -2.29. The van der Waals surface area contributed by atoms with E-state index in [0.29, 0.717) is 6.54 Å². The van der Waals surface area contributed by atoms with Gasteiger partial charge in [0.1, 0.15) is 11.6 Å². The van der Waals surface area contributed by atoms with Crippen molar-refractivity contribution in [2.75, 3.05) is 13.6 Å². The van der Waals surface area contributed by atoms with Crippen LogP contribution in [0.2, 0.25) is 0 Å². The van der Waals surface area contributed by atoms with Crippen molar-refractivity contribution >= 4 is 17.3 Å². The molecule has 0 aromatic heterocycles. The van der Waals surface area contributed by atoms with Crippen LogP contribution in [0.1, 0.15) is 38.3 Å². The molecule has 0 radical (unpaired) electrons. The molecule has 0 aliphatic rings. The van der Waals surface area contributed by atoms with E-state index in [1.54, 1.807) is 6.92 Å². The summed E-state index contributed by atoms with van der Waals surface area (Å²) in [5.41, 5.74) is 3.07. The van der Waals surface area contributed by atoms with Gasteiger partial charge in [0.15, 0.2) is 0 Å². The predicted molar refractivity (Wildman–Crippen MR) is 85.9 cm³/mol. The van der Waals surface area contributed by atoms with Gasteiger partial charge in [-0.15, -0.1) is 0 Å². The number of Topliss-reactive ketones (excluding diaryl/α,β-unsaturated/α-hetero) is 1. The second-order valence-electron chi connectivity index (χ2n) is 5.11. The Kier molecular flexibility index (Phi) is 6.16. The third-order valence-electron chi connectivity index (χ3n) is 3.13. The van der Waals surface area contributed by atoms with Crippen LogP contribution < -0.4 is 0 Å². The first-order chi connectivity index (χ1) is 9.43. The van der Waals surface area contributed by atoms with E-state index >= 15 is 0 Å². The maximum Gasteiger partial charge on any atom is 0.149 e. The van der Waals surface area contributed by atoms with Gasteiger partial charge in [0, 0.05) is 7.05 Å². The molecule has 0 heterocycles. The van der Waals surface area contributed by atoms with E-state index in [4.69, 9.17) is 0 Å². The largest absolute Gasteiger partial charge is 0.356 e. The van der Waals surface area contributed by atoms with Crippen LogP contribution in [0, 0.1) is 0 Å². The summed E-state index contributed by atoms with van der Waals surface area (Å²) in [5, 5.41) is 0. The Morgan fingerprint density at radius 3 is 2.35 bits per heavy atom. The SMILES string of the molecule is C=C(N=C(C)N(C)CC(C)=O)c1ccc(CCC)cc1. The van der Waals surface area contributed by atoms with Gasteiger partial charge in [-0.05, 0) is 31.4 Å². The number of aryl methyl sites for hydroxylation is 1. The zero-order valence-corrected chi connectivity index (χ0v) is 12.9. The summed E-state index contributed by atoms with van der Waals surface area (Å²) in [7, 11) is 1.86. The Labute approximate surface area is 122 Å². The summed E-state index contributed by atoms with van der Waals surface area (Å²) in [4.78, 5) is 17.4. The third kappa shape index (κ3) is 5.00. The fourth-order valence-corrected chi connectivity index (χ4v) is 1.95. The zero-order valence-electron chi connectivity index (χ0n) is 12.9. The number of carbonyl (C=O) groups excluding carboxylic acids is 1. The molecule has 0 bridgehead atoms. The van der Waals surface area contributed by atoms with Crippen LogP contribution in [0.5, 0.6) is 0 Å². The van der Waals surface area contributed by atoms with E-state index in [9.17, 15) is 4.79 Å². The molecule has 3 nitrogen and oxygen atoms in total. The van der Waals surface area contributed by atoms with E-state index in [1.807, 2.05) is 18.9 Å². The topological polar surface area (TPSA) is 32.7 Å². The molecule has 0 spiro atoms. The summed E-state index contributed by atoms with van der Waals surface area (Å²) < 4.78 is 0. The van der Waals surface area contributed by atoms with Crippen LogP contribution in [-0.4, -0.2) is 30.1 Å². The normalized spacial score (nSPS) is 11.3. The molecule has 0 atom stereocenters. The number of nitrogens with zero attached hydrogens (tertiary/aromatic N) is 2. The van der Waals surface area contributed by atoms with E-state index in [1.165, 1.54) is 5.56 Å². The Bertz CT molecular complexity index is 500. The van der Waals surface area contributed by atoms with Gasteiger partial charge in [0.25, 0.3) is 0 Å². The molecule has 20 heavy (non-hydrogen) atoms. The summed E-state index contributed by atoms with van der Waals surface area (Å²) >= 11 is 0. The number of hydrogen-bond donors (Lipinski definition) is 0. The fraction of sp³-hybridized carbons (Fsp3) is 0.412. The first-order valence-electron chi connectivity index (χ1n) is 6.98. The summed E-state index contributed by atoms with van der Waals surface area (Å²) in [5.74, 6) is 0.916. The van der Waals surface area contributed by atoms with Crippen molar-refractivity contribution in [3.8, 4) is 0 Å². The molecule has 1 aromatic carbocycles. The van der Waals surface area contributed by atoms with Crippen molar-refractivity contribution in [2.24, 2.45) is 4.99 Å². The maximum absolute atomic E-state index is 11.1. The number of likely N-dealkylation sites (N-methyl/N-ethyl adjacent to an activating group) is 1. The first kappa shape index (κ1) is 16.2. The number of aliphatic imine (C=N–C) groups is 1. The van der Waals surface area contributed by atoms with E-state index < -0.39 is 0 Å². The highest BCUT2D eigenvalue weighted by atomic mass is 16.1. The summed E-state index contributed by atoms with van der Waals surface area (Å²) in [6.45, 7) is 10.0. The van der Waals surface area contributed by atoms with Crippen LogP contribution in [-0.2, 0) is 11.2 Å². The molecule has 0 fully saturated rings. The lowest BCUT2D eigenvalue weighted by atomic mass is 10.1. The van der Waals surface area contributed by atoms with Crippen molar-refractivity contribution in [1.29, 1.82) is 0 Å². The van der Waals surface area contributed by atoms with Crippen LogP contribution >= 0.6 is 0 Å². The molecule has 108 valence electrons. The van der Waals surface area contributed by atoms with Gasteiger partial charge in [-0.1, -0.05) is 44.2 Å². The molecule has 0 unspecified atom stereocenters. The first-order valence-corrected chi connectivity index (χ1v) is 6.98. The maximum atomic E-state index is 11.1. The second kappa shape index (κ2) is 7.63. The van der Waals surface area contributed by atoms with E-state index in [0.717, 1.165) is 29.9 Å². The minimum Gasteiger partial charge on any atom is -0.356 e. The van der Waals surface area contributed by atoms with E-state index in [-0.39, 0.29) is 5.78 Å². The molecule has 0 aliphatic carbocycles. The number of carbonyl (C=O) groups is 1. The molecule has 0 saturated heterocycles. The molecular weight excluding hydrogens is 248 g/mol. The lowest BCUT2D eigenvalue weighted by molar-refractivity contribution is -0.117. The monoisotopic (exact) mass is 272 g/mol. The van der Waals surface area contributed by atoms with Crippen LogP contribution in [0.4, 0.5) is 0 Å². The van der Waals surface area contributed by atoms with Crippen LogP contribution in [0.25, 0.3) is 5.70 Å². The van der Waals surface area contributed by atoms with Crippen molar-refractivity contribution in [3.63, 3.8) is 0 Å². The fourth-order valence-electron chi connectivity index (χ4n) is 1.95. The predicted octanol–water partition coefficient (Wildman–Crippen LogP) is 3.55. The highest BCUT2D eigenvalue weighted by molar-refractivity contribution is 5.89. The van der Waals surface area contributed by atoms with Gasteiger partial charge >= 0.3 is 0 Å². The molecule has 1 aromatic rings. The number of hydrogen-bond acceptors (Lipinski definition) is 2. The summed E-state index contributed by atoms with van der Waals surface area (Å²) in [6, 6.07) is 8.34. The quantitative estimate of drug-likeness (QED) is 0.586. The molecule has 0 saturated carbocycles. The Morgan fingerprint density at radius 2 is 1.85 bits per heavy atom. The minimum absolute atomic E-state index is 0.122. The van der Waals surface area contributed by atoms with Gasteiger partial charge in [-0.3, -0.25) is 4.79 Å². The molecular formula is C17H24N2O. The molecule has 1 rings (SSSR count). The molecule has 0 N–H and O–H groups in total.